The third kappa shape index (κ3) is 5.93. The minimum Gasteiger partial charge on any atom is -0.378 e. The summed E-state index contributed by atoms with van der Waals surface area (Å²) >= 11 is 11.4. The van der Waals surface area contributed by atoms with E-state index in [1.54, 1.807) is 16.7 Å². The van der Waals surface area contributed by atoms with Crippen LogP contribution in [-0.4, -0.2) is 48.3 Å². The molecule has 1 saturated heterocycles. The number of hydrogen-bond donors (Lipinski definition) is 2. The number of carbonyl (C=O) groups excluding carboxylic acids is 1. The summed E-state index contributed by atoms with van der Waals surface area (Å²) in [6.07, 6.45) is 0.719. The Balaban J connectivity index is 1.28. The molecule has 0 unspecified atom stereocenters. The third-order valence-corrected chi connectivity index (χ3v) is 7.09. The lowest BCUT2D eigenvalue weighted by Gasteiger charge is -2.29. The third-order valence-electron chi connectivity index (χ3n) is 6.51. The van der Waals surface area contributed by atoms with Crippen molar-refractivity contribution in [3.63, 3.8) is 0 Å². The molecule has 0 aliphatic carbocycles. The Morgan fingerprint density at radius 2 is 1.70 bits per heavy atom. The predicted molar refractivity (Wildman–Crippen MR) is 149 cm³/mol. The predicted octanol–water partition coefficient (Wildman–Crippen LogP) is 4.57. The van der Waals surface area contributed by atoms with E-state index in [-0.39, 0.29) is 11.5 Å². The molecule has 2 heterocycles. The quantitative estimate of drug-likeness (QED) is 0.340. The van der Waals surface area contributed by atoms with Gasteiger partial charge in [-0.1, -0.05) is 35.9 Å². The van der Waals surface area contributed by atoms with Gasteiger partial charge in [-0.25, -0.2) is 0 Å². The molecule has 190 valence electrons. The van der Waals surface area contributed by atoms with Gasteiger partial charge in [0.25, 0.3) is 11.5 Å². The van der Waals surface area contributed by atoms with Crippen LogP contribution in [0.2, 0.25) is 5.02 Å². The maximum Gasteiger partial charge on any atom is 0.262 e. The van der Waals surface area contributed by atoms with Crippen LogP contribution < -0.4 is 15.8 Å². The monoisotopic (exact) mass is 534 g/mol. The fraction of sp³-hybridized carbons (Fsp3) is 0.250. The van der Waals surface area contributed by atoms with Crippen molar-refractivity contribution in [2.45, 2.75) is 13.0 Å². The molecular weight excluding hydrogens is 508 g/mol. The second kappa shape index (κ2) is 11.3. The first-order valence-electron chi connectivity index (χ1n) is 12.2. The number of fused-ring (bicyclic) bond motifs is 1. The van der Waals surface area contributed by atoms with Gasteiger partial charge in [0.15, 0.2) is 4.77 Å². The molecule has 7 nitrogen and oxygen atoms in total. The molecule has 1 fully saturated rings. The number of anilines is 1. The van der Waals surface area contributed by atoms with Crippen LogP contribution in [0.5, 0.6) is 0 Å². The number of benzene rings is 3. The molecule has 9 heteroatoms. The highest BCUT2D eigenvalue weighted by molar-refractivity contribution is 7.71. The number of halogens is 1. The van der Waals surface area contributed by atoms with Gasteiger partial charge in [0.05, 0.1) is 30.7 Å². The van der Waals surface area contributed by atoms with Gasteiger partial charge >= 0.3 is 0 Å². The highest BCUT2D eigenvalue weighted by Gasteiger charge is 2.14. The maximum atomic E-state index is 13.4. The molecule has 5 rings (SSSR count). The first-order chi connectivity index (χ1) is 18.0. The summed E-state index contributed by atoms with van der Waals surface area (Å²) in [6, 6.07) is 20.6. The molecule has 0 spiro atoms. The number of hydrogen-bond acceptors (Lipinski definition) is 5. The zero-order valence-corrected chi connectivity index (χ0v) is 21.8. The van der Waals surface area contributed by atoms with E-state index in [0.29, 0.717) is 52.6 Å². The first kappa shape index (κ1) is 25.2. The first-order valence-corrected chi connectivity index (χ1v) is 13.0. The molecule has 1 aliphatic rings. The van der Waals surface area contributed by atoms with E-state index in [2.05, 4.69) is 15.2 Å². The molecule has 1 amide bonds. The van der Waals surface area contributed by atoms with Gasteiger partial charge < -0.3 is 19.9 Å². The van der Waals surface area contributed by atoms with Crippen LogP contribution in [0.3, 0.4) is 0 Å². The number of H-pyrrole nitrogens is 1. The summed E-state index contributed by atoms with van der Waals surface area (Å²) in [5, 5.41) is 4.23. The molecule has 0 bridgehead atoms. The van der Waals surface area contributed by atoms with Gasteiger partial charge in [0.1, 0.15) is 0 Å². The summed E-state index contributed by atoms with van der Waals surface area (Å²) in [7, 11) is 0. The van der Waals surface area contributed by atoms with E-state index >= 15 is 0 Å². The van der Waals surface area contributed by atoms with Crippen molar-refractivity contribution in [1.82, 2.24) is 14.9 Å². The Kier molecular flexibility index (Phi) is 7.69. The normalized spacial score (nSPS) is 13.6. The zero-order chi connectivity index (χ0) is 25.8. The smallest absolute Gasteiger partial charge is 0.262 e. The fourth-order valence-corrected chi connectivity index (χ4v) is 4.80. The van der Waals surface area contributed by atoms with Gasteiger partial charge in [-0.05, 0) is 72.2 Å². The summed E-state index contributed by atoms with van der Waals surface area (Å²) in [6.45, 7) is 3.78. The Morgan fingerprint density at radius 3 is 2.43 bits per heavy atom. The highest BCUT2D eigenvalue weighted by Crippen LogP contribution is 2.20. The van der Waals surface area contributed by atoms with Gasteiger partial charge in [0.2, 0.25) is 0 Å². The van der Waals surface area contributed by atoms with Crippen LogP contribution in [0.25, 0.3) is 10.9 Å². The summed E-state index contributed by atoms with van der Waals surface area (Å²) in [4.78, 5) is 31.3. The number of rotatable bonds is 7. The van der Waals surface area contributed by atoms with Crippen molar-refractivity contribution >= 4 is 46.3 Å². The second-order valence-electron chi connectivity index (χ2n) is 8.98. The molecule has 1 aromatic heterocycles. The molecule has 3 aromatic carbocycles. The van der Waals surface area contributed by atoms with E-state index < -0.39 is 0 Å². The fourth-order valence-electron chi connectivity index (χ4n) is 4.42. The minimum absolute atomic E-state index is 0.141. The lowest BCUT2D eigenvalue weighted by Crippen LogP contribution is -2.36. The number of aromatic nitrogens is 2. The van der Waals surface area contributed by atoms with E-state index in [1.807, 2.05) is 54.6 Å². The summed E-state index contributed by atoms with van der Waals surface area (Å²) in [5.74, 6) is -0.142. The van der Waals surface area contributed by atoms with E-state index in [4.69, 9.17) is 28.6 Å². The number of amides is 1. The molecule has 4 aromatic rings. The number of carbonyl (C=O) groups is 1. The SMILES string of the molecule is O=C(NCCc1ccc(Cl)cc1)c1ccc(Cn2c(=S)[nH]c3ccc(N4CCOCC4)cc3c2=O)cc1. The van der Waals surface area contributed by atoms with E-state index in [9.17, 15) is 9.59 Å². The van der Waals surface area contributed by atoms with Crippen molar-refractivity contribution in [2.75, 3.05) is 37.7 Å². The Labute approximate surface area is 224 Å². The van der Waals surface area contributed by atoms with Gasteiger partial charge in [-0.15, -0.1) is 0 Å². The van der Waals surface area contributed by atoms with E-state index in [1.165, 1.54) is 0 Å². The van der Waals surface area contributed by atoms with Crippen molar-refractivity contribution in [2.24, 2.45) is 0 Å². The molecule has 2 N–H and O–H groups in total. The van der Waals surface area contributed by atoms with Crippen LogP contribution in [0.4, 0.5) is 5.69 Å². The molecule has 0 radical (unpaired) electrons. The van der Waals surface area contributed by atoms with Gasteiger partial charge in [-0.3, -0.25) is 14.2 Å². The van der Waals surface area contributed by atoms with Crippen LogP contribution >= 0.6 is 23.8 Å². The summed E-state index contributed by atoms with van der Waals surface area (Å²) in [5.41, 5.74) is 4.12. The lowest BCUT2D eigenvalue weighted by atomic mass is 10.1. The van der Waals surface area contributed by atoms with Crippen LogP contribution in [0.1, 0.15) is 21.5 Å². The second-order valence-corrected chi connectivity index (χ2v) is 9.80. The Hall–Kier alpha value is -3.46. The van der Waals surface area contributed by atoms with Gasteiger partial charge in [0, 0.05) is 35.9 Å². The highest BCUT2D eigenvalue weighted by atomic mass is 35.5. The standard InChI is InChI=1S/C28H27ClN4O3S/c29-22-7-3-19(4-8-22)11-12-30-26(34)21-5-1-20(2-6-21)18-33-27(35)24-17-23(32-13-15-36-16-14-32)9-10-25(24)31-28(33)37/h1-10,17H,11-16,18H2,(H,30,34)(H,31,37). The van der Waals surface area contributed by atoms with Crippen LogP contribution in [0, 0.1) is 4.77 Å². The lowest BCUT2D eigenvalue weighted by molar-refractivity contribution is 0.0954. The number of ether oxygens (including phenoxy) is 1. The van der Waals surface area contributed by atoms with Crippen molar-refractivity contribution in [1.29, 1.82) is 0 Å². The Bertz CT molecular complexity index is 1520. The topological polar surface area (TPSA) is 79.4 Å². The van der Waals surface area contributed by atoms with Crippen molar-refractivity contribution in [3.8, 4) is 0 Å². The summed E-state index contributed by atoms with van der Waals surface area (Å²) < 4.78 is 7.36. The number of nitrogens with one attached hydrogen (secondary N) is 2. The molecule has 0 saturated carbocycles. The zero-order valence-electron chi connectivity index (χ0n) is 20.2. The average Bonchev–Trinajstić information content (AvgIpc) is 2.93. The number of nitrogens with zero attached hydrogens (tertiary/aromatic N) is 2. The molecule has 1 aliphatic heterocycles. The maximum absolute atomic E-state index is 13.4. The molecule has 0 atom stereocenters. The van der Waals surface area contributed by atoms with Gasteiger partial charge in [-0.2, -0.15) is 0 Å². The van der Waals surface area contributed by atoms with Crippen molar-refractivity contribution < 1.29 is 9.53 Å². The van der Waals surface area contributed by atoms with Crippen molar-refractivity contribution in [3.05, 3.63) is 104 Å². The minimum atomic E-state index is -0.142. The average molecular weight is 535 g/mol. The van der Waals surface area contributed by atoms with Crippen LogP contribution in [-0.2, 0) is 17.7 Å². The molecule has 37 heavy (non-hydrogen) atoms. The number of morpholine rings is 1. The molecular formula is C28H27ClN4O3S. The van der Waals surface area contributed by atoms with E-state index in [0.717, 1.165) is 36.3 Å². The largest absolute Gasteiger partial charge is 0.378 e. The number of aromatic amines is 1. The van der Waals surface area contributed by atoms with Crippen LogP contribution in [0.15, 0.2) is 71.5 Å². The Morgan fingerprint density at radius 1 is 1.00 bits per heavy atom.